The summed E-state index contributed by atoms with van der Waals surface area (Å²) in [6, 6.07) is 1.79. The van der Waals surface area contributed by atoms with Crippen molar-refractivity contribution in [2.45, 2.75) is 58.4 Å². The third kappa shape index (κ3) is 3.14. The van der Waals surface area contributed by atoms with E-state index >= 15 is 0 Å². The van der Waals surface area contributed by atoms with E-state index < -0.39 is 11.7 Å². The number of hydrogen-bond donors (Lipinski definition) is 0. The van der Waals surface area contributed by atoms with Crippen molar-refractivity contribution in [3.63, 3.8) is 0 Å². The molecule has 1 aromatic heterocycles. The van der Waals surface area contributed by atoms with Crippen molar-refractivity contribution < 1.29 is 13.2 Å². The van der Waals surface area contributed by atoms with Crippen LogP contribution in [0.3, 0.4) is 0 Å². The van der Waals surface area contributed by atoms with Crippen LogP contribution < -0.4 is 0 Å². The summed E-state index contributed by atoms with van der Waals surface area (Å²) < 4.78 is 39.8. The highest BCUT2D eigenvalue weighted by molar-refractivity contribution is 5.22. The summed E-state index contributed by atoms with van der Waals surface area (Å²) >= 11 is 0. The van der Waals surface area contributed by atoms with Crippen LogP contribution in [0.2, 0.25) is 0 Å². The third-order valence-corrected chi connectivity index (χ3v) is 3.92. The normalized spacial score (nSPS) is 18.4. The summed E-state index contributed by atoms with van der Waals surface area (Å²) in [5, 5.41) is 0. The van der Waals surface area contributed by atoms with Gasteiger partial charge in [-0.2, -0.15) is 13.2 Å². The van der Waals surface area contributed by atoms with Gasteiger partial charge in [0.2, 0.25) is 0 Å². The lowest BCUT2D eigenvalue weighted by Gasteiger charge is -2.35. The highest BCUT2D eigenvalue weighted by Gasteiger charge is 2.34. The standard InChI is InChI=1S/C14H21F3N2/c1-3-5-12(4-2)19-7-6-18-9-11(14(15,16)17)8-13(18)10-19/h8-9,12H,3-7,10H2,1-2H3. The summed E-state index contributed by atoms with van der Waals surface area (Å²) in [7, 11) is 0. The first-order chi connectivity index (χ1) is 8.95. The van der Waals surface area contributed by atoms with Crippen molar-refractivity contribution in [1.82, 2.24) is 9.47 Å². The summed E-state index contributed by atoms with van der Waals surface area (Å²) in [6.45, 7) is 6.43. The van der Waals surface area contributed by atoms with Crippen LogP contribution in [0.25, 0.3) is 0 Å². The van der Waals surface area contributed by atoms with Crippen LogP contribution in [-0.4, -0.2) is 22.1 Å². The van der Waals surface area contributed by atoms with Gasteiger partial charge in [0.05, 0.1) is 5.56 Å². The van der Waals surface area contributed by atoms with Crippen LogP contribution in [0.15, 0.2) is 12.3 Å². The van der Waals surface area contributed by atoms with Crippen LogP contribution >= 0.6 is 0 Å². The van der Waals surface area contributed by atoms with Crippen LogP contribution in [0.5, 0.6) is 0 Å². The Morgan fingerprint density at radius 1 is 1.26 bits per heavy atom. The molecule has 0 amide bonds. The van der Waals surface area contributed by atoms with Crippen molar-refractivity contribution in [3.8, 4) is 0 Å². The zero-order chi connectivity index (χ0) is 14.0. The molecule has 0 radical (unpaired) electrons. The van der Waals surface area contributed by atoms with E-state index in [1.54, 1.807) is 4.57 Å². The number of halogens is 3. The fourth-order valence-electron chi connectivity index (χ4n) is 2.86. The van der Waals surface area contributed by atoms with Gasteiger partial charge in [-0.25, -0.2) is 0 Å². The summed E-state index contributed by atoms with van der Waals surface area (Å²) in [5.41, 5.74) is 0.265. The van der Waals surface area contributed by atoms with E-state index in [2.05, 4.69) is 18.7 Å². The van der Waals surface area contributed by atoms with Gasteiger partial charge in [-0.05, 0) is 18.9 Å². The highest BCUT2D eigenvalue weighted by atomic mass is 19.4. The lowest BCUT2D eigenvalue weighted by Crippen LogP contribution is -2.40. The van der Waals surface area contributed by atoms with Gasteiger partial charge in [0, 0.05) is 37.6 Å². The van der Waals surface area contributed by atoms with Crippen molar-refractivity contribution in [3.05, 3.63) is 23.5 Å². The highest BCUT2D eigenvalue weighted by Crippen LogP contribution is 2.32. The molecular formula is C14H21F3N2. The van der Waals surface area contributed by atoms with Crippen LogP contribution in [0.1, 0.15) is 44.4 Å². The molecular weight excluding hydrogens is 253 g/mol. The maximum Gasteiger partial charge on any atom is 0.417 e. The lowest BCUT2D eigenvalue weighted by atomic mass is 10.1. The Morgan fingerprint density at radius 3 is 2.58 bits per heavy atom. The first-order valence-corrected chi connectivity index (χ1v) is 6.96. The van der Waals surface area contributed by atoms with Gasteiger partial charge in [0.15, 0.2) is 0 Å². The SMILES string of the molecule is CCCC(CC)N1CCn2cc(C(F)(F)F)cc2C1. The fraction of sp³-hybridized carbons (Fsp3) is 0.714. The first kappa shape index (κ1) is 14.4. The van der Waals surface area contributed by atoms with E-state index in [1.807, 2.05) is 0 Å². The van der Waals surface area contributed by atoms with Crippen molar-refractivity contribution in [1.29, 1.82) is 0 Å². The number of rotatable bonds is 4. The molecule has 1 unspecified atom stereocenters. The Hall–Kier alpha value is -0.970. The number of fused-ring (bicyclic) bond motifs is 1. The van der Waals surface area contributed by atoms with E-state index in [0.717, 1.165) is 31.5 Å². The predicted octanol–water partition coefficient (Wildman–Crippen LogP) is 3.90. The first-order valence-electron chi connectivity index (χ1n) is 6.96. The molecule has 0 fully saturated rings. The van der Waals surface area contributed by atoms with Crippen molar-refractivity contribution in [2.75, 3.05) is 6.54 Å². The average molecular weight is 274 g/mol. The van der Waals surface area contributed by atoms with Crippen LogP contribution in [0, 0.1) is 0 Å². The molecule has 0 aromatic carbocycles. The zero-order valence-corrected chi connectivity index (χ0v) is 11.5. The van der Waals surface area contributed by atoms with Gasteiger partial charge in [-0.3, -0.25) is 4.90 Å². The Labute approximate surface area is 112 Å². The Morgan fingerprint density at radius 2 is 2.00 bits per heavy atom. The van der Waals surface area contributed by atoms with Gasteiger partial charge in [-0.15, -0.1) is 0 Å². The molecule has 2 rings (SSSR count). The molecule has 5 heteroatoms. The van der Waals surface area contributed by atoms with E-state index in [4.69, 9.17) is 0 Å². The van der Waals surface area contributed by atoms with Gasteiger partial charge >= 0.3 is 6.18 Å². The van der Waals surface area contributed by atoms with Gasteiger partial charge in [0.25, 0.3) is 0 Å². The molecule has 19 heavy (non-hydrogen) atoms. The van der Waals surface area contributed by atoms with E-state index in [9.17, 15) is 13.2 Å². The predicted molar refractivity (Wildman–Crippen MR) is 68.8 cm³/mol. The largest absolute Gasteiger partial charge is 0.417 e. The molecule has 0 N–H and O–H groups in total. The molecule has 1 aliphatic heterocycles. The Balaban J connectivity index is 2.13. The van der Waals surface area contributed by atoms with E-state index in [-0.39, 0.29) is 0 Å². The fourth-order valence-corrected chi connectivity index (χ4v) is 2.86. The van der Waals surface area contributed by atoms with Gasteiger partial charge < -0.3 is 4.57 Å². The minimum Gasteiger partial charge on any atom is -0.348 e. The minimum absolute atomic E-state index is 0.489. The quantitative estimate of drug-likeness (QED) is 0.808. The maximum atomic E-state index is 12.7. The Kier molecular flexibility index (Phi) is 4.23. The van der Waals surface area contributed by atoms with E-state index in [0.29, 0.717) is 19.1 Å². The molecule has 0 aliphatic carbocycles. The second kappa shape index (κ2) is 5.57. The van der Waals surface area contributed by atoms with Gasteiger partial charge in [0.1, 0.15) is 0 Å². The van der Waals surface area contributed by atoms with E-state index in [1.165, 1.54) is 12.3 Å². The third-order valence-electron chi connectivity index (χ3n) is 3.92. The van der Waals surface area contributed by atoms with Crippen LogP contribution in [0.4, 0.5) is 13.2 Å². The second-order valence-electron chi connectivity index (χ2n) is 5.23. The molecule has 1 aromatic rings. The molecule has 1 aliphatic rings. The number of nitrogens with zero attached hydrogens (tertiary/aromatic N) is 2. The smallest absolute Gasteiger partial charge is 0.348 e. The summed E-state index contributed by atoms with van der Waals surface area (Å²) in [6.07, 6.45) is 0.296. The summed E-state index contributed by atoms with van der Waals surface area (Å²) in [5.74, 6) is 0. The second-order valence-corrected chi connectivity index (χ2v) is 5.23. The Bertz CT molecular complexity index is 423. The number of hydrogen-bond acceptors (Lipinski definition) is 1. The molecule has 2 nitrogen and oxygen atoms in total. The monoisotopic (exact) mass is 274 g/mol. The zero-order valence-electron chi connectivity index (χ0n) is 11.5. The molecule has 0 saturated carbocycles. The molecule has 108 valence electrons. The number of aromatic nitrogens is 1. The summed E-state index contributed by atoms with van der Waals surface area (Å²) in [4.78, 5) is 2.32. The minimum atomic E-state index is -4.23. The van der Waals surface area contributed by atoms with Crippen LogP contribution in [-0.2, 0) is 19.3 Å². The molecule has 0 spiro atoms. The van der Waals surface area contributed by atoms with Gasteiger partial charge in [-0.1, -0.05) is 20.3 Å². The van der Waals surface area contributed by atoms with Crippen molar-refractivity contribution >= 4 is 0 Å². The van der Waals surface area contributed by atoms with Crippen molar-refractivity contribution in [2.24, 2.45) is 0 Å². The number of alkyl halides is 3. The topological polar surface area (TPSA) is 8.17 Å². The molecule has 1 atom stereocenters. The molecule has 0 bridgehead atoms. The lowest BCUT2D eigenvalue weighted by molar-refractivity contribution is -0.137. The molecule has 0 saturated heterocycles. The molecule has 2 heterocycles. The average Bonchev–Trinajstić information content (AvgIpc) is 2.78. The maximum absolute atomic E-state index is 12.7.